The Morgan fingerprint density at radius 1 is 1.00 bits per heavy atom. The van der Waals surface area contributed by atoms with Gasteiger partial charge in [0.05, 0.1) is 11.4 Å². The Kier molecular flexibility index (Phi) is 3.11. The van der Waals surface area contributed by atoms with Crippen LogP contribution in [-0.4, -0.2) is 26.0 Å². The number of halogens is 1. The average molecular weight is 252 g/mol. The van der Waals surface area contributed by atoms with E-state index in [0.29, 0.717) is 17.0 Å². The molecule has 2 rings (SSSR count). The Bertz CT molecular complexity index is 567. The Hall–Kier alpha value is -1.49. The van der Waals surface area contributed by atoms with Gasteiger partial charge >= 0.3 is 0 Å². The number of rotatable bonds is 2. The van der Waals surface area contributed by atoms with Gasteiger partial charge in [-0.1, -0.05) is 0 Å². The van der Waals surface area contributed by atoms with Gasteiger partial charge in [-0.2, -0.15) is 9.97 Å². The predicted molar refractivity (Wildman–Crippen MR) is 68.4 cm³/mol. The van der Waals surface area contributed by atoms with Crippen LogP contribution in [0.1, 0.15) is 25.2 Å². The van der Waals surface area contributed by atoms with E-state index in [0.717, 1.165) is 11.4 Å². The normalized spacial score (nSPS) is 11.2. The third kappa shape index (κ3) is 2.44. The van der Waals surface area contributed by atoms with Gasteiger partial charge in [-0.25, -0.2) is 9.97 Å². The quantitative estimate of drug-likeness (QED) is 0.831. The summed E-state index contributed by atoms with van der Waals surface area (Å²) in [5.74, 6) is 0.630. The van der Waals surface area contributed by atoms with Gasteiger partial charge in [-0.05, 0) is 39.3 Å². The number of hydrogen-bond donors (Lipinski definition) is 1. The Morgan fingerprint density at radius 3 is 2.29 bits per heavy atom. The lowest BCUT2D eigenvalue weighted by atomic mass is 10.3. The molecule has 0 fully saturated rings. The van der Waals surface area contributed by atoms with Gasteiger partial charge in [0.2, 0.25) is 5.28 Å². The Labute approximate surface area is 105 Å². The molecule has 6 heteroatoms. The fourth-order valence-electron chi connectivity index (χ4n) is 1.46. The second kappa shape index (κ2) is 4.41. The molecule has 0 aliphatic heterocycles. The van der Waals surface area contributed by atoms with Crippen LogP contribution in [0.3, 0.4) is 0 Å². The van der Waals surface area contributed by atoms with Crippen molar-refractivity contribution in [1.29, 1.82) is 0 Å². The summed E-state index contributed by atoms with van der Waals surface area (Å²) in [4.78, 5) is 17.1. The minimum Gasteiger partial charge on any atom is -0.366 e. The van der Waals surface area contributed by atoms with E-state index in [9.17, 15) is 0 Å². The minimum absolute atomic E-state index is 0.179. The van der Waals surface area contributed by atoms with E-state index in [1.165, 1.54) is 0 Å². The van der Waals surface area contributed by atoms with Crippen molar-refractivity contribution in [3.05, 3.63) is 16.7 Å². The zero-order valence-corrected chi connectivity index (χ0v) is 11.0. The van der Waals surface area contributed by atoms with Crippen molar-refractivity contribution in [2.24, 2.45) is 0 Å². The Morgan fingerprint density at radius 2 is 1.65 bits per heavy atom. The summed E-state index contributed by atoms with van der Waals surface area (Å²) in [6.07, 6.45) is 0. The smallest absolute Gasteiger partial charge is 0.226 e. The van der Waals surface area contributed by atoms with Gasteiger partial charge in [-0.15, -0.1) is 0 Å². The standard InChI is InChI=1S/C11H14ClN5/c1-5(2)13-9-8-10(17-11(12)16-9)15-7(4)6(3)14-8/h5H,1-4H3,(H,13,15,16,17). The highest BCUT2D eigenvalue weighted by atomic mass is 35.5. The van der Waals surface area contributed by atoms with Crippen LogP contribution in [0.5, 0.6) is 0 Å². The van der Waals surface area contributed by atoms with Gasteiger partial charge < -0.3 is 5.32 Å². The second-order valence-corrected chi connectivity index (χ2v) is 4.54. The summed E-state index contributed by atoms with van der Waals surface area (Å²) in [5.41, 5.74) is 2.90. The van der Waals surface area contributed by atoms with E-state index in [-0.39, 0.29) is 11.3 Å². The summed E-state index contributed by atoms with van der Waals surface area (Å²) in [6, 6.07) is 0.243. The molecule has 0 atom stereocenters. The lowest BCUT2D eigenvalue weighted by molar-refractivity contribution is 0.887. The maximum atomic E-state index is 5.87. The molecular formula is C11H14ClN5. The number of nitrogens with one attached hydrogen (secondary N) is 1. The first-order valence-electron chi connectivity index (χ1n) is 5.42. The maximum Gasteiger partial charge on any atom is 0.226 e. The summed E-state index contributed by atoms with van der Waals surface area (Å²) in [5, 5.41) is 3.38. The van der Waals surface area contributed by atoms with Crippen molar-refractivity contribution >= 4 is 28.6 Å². The van der Waals surface area contributed by atoms with Crippen LogP contribution in [0.4, 0.5) is 5.82 Å². The zero-order chi connectivity index (χ0) is 12.6. The molecule has 2 aromatic rings. The molecule has 5 nitrogen and oxygen atoms in total. The lowest BCUT2D eigenvalue weighted by Gasteiger charge is -2.11. The van der Waals surface area contributed by atoms with E-state index >= 15 is 0 Å². The van der Waals surface area contributed by atoms with Gasteiger partial charge in [0.1, 0.15) is 0 Å². The first-order valence-corrected chi connectivity index (χ1v) is 5.80. The maximum absolute atomic E-state index is 5.87. The number of aromatic nitrogens is 4. The highest BCUT2D eigenvalue weighted by molar-refractivity contribution is 6.28. The van der Waals surface area contributed by atoms with E-state index in [4.69, 9.17) is 11.6 Å². The van der Waals surface area contributed by atoms with Gasteiger partial charge in [0.25, 0.3) is 0 Å². The van der Waals surface area contributed by atoms with Crippen LogP contribution in [0.2, 0.25) is 5.28 Å². The number of aryl methyl sites for hydroxylation is 2. The minimum atomic E-state index is 0.179. The van der Waals surface area contributed by atoms with Crippen molar-refractivity contribution in [3.63, 3.8) is 0 Å². The predicted octanol–water partition coefficient (Wildman–Crippen LogP) is 2.51. The number of hydrogen-bond acceptors (Lipinski definition) is 5. The fraction of sp³-hybridized carbons (Fsp3) is 0.455. The Balaban J connectivity index is 2.69. The number of anilines is 1. The molecule has 0 saturated carbocycles. The molecule has 2 heterocycles. The first-order chi connectivity index (χ1) is 7.97. The largest absolute Gasteiger partial charge is 0.366 e. The molecule has 0 spiro atoms. The van der Waals surface area contributed by atoms with Crippen LogP contribution in [-0.2, 0) is 0 Å². The molecule has 0 unspecified atom stereocenters. The van der Waals surface area contributed by atoms with E-state index in [1.807, 2.05) is 27.7 Å². The van der Waals surface area contributed by atoms with Crippen LogP contribution in [0, 0.1) is 13.8 Å². The average Bonchev–Trinajstić information content (AvgIpc) is 2.20. The molecule has 17 heavy (non-hydrogen) atoms. The monoisotopic (exact) mass is 251 g/mol. The summed E-state index contributed by atoms with van der Waals surface area (Å²) >= 11 is 5.87. The van der Waals surface area contributed by atoms with Gasteiger partial charge in [0, 0.05) is 6.04 Å². The van der Waals surface area contributed by atoms with Crippen molar-refractivity contribution in [2.75, 3.05) is 5.32 Å². The highest BCUT2D eigenvalue weighted by Crippen LogP contribution is 2.20. The van der Waals surface area contributed by atoms with Gasteiger partial charge in [-0.3, -0.25) is 0 Å². The first kappa shape index (κ1) is 12.0. The molecule has 0 bridgehead atoms. The van der Waals surface area contributed by atoms with Gasteiger partial charge in [0.15, 0.2) is 17.0 Å². The topological polar surface area (TPSA) is 63.6 Å². The van der Waals surface area contributed by atoms with Crippen molar-refractivity contribution in [1.82, 2.24) is 19.9 Å². The summed E-state index contributed by atoms with van der Waals surface area (Å²) in [6.45, 7) is 7.86. The third-order valence-electron chi connectivity index (χ3n) is 2.34. The van der Waals surface area contributed by atoms with Crippen LogP contribution in [0.25, 0.3) is 11.2 Å². The molecule has 2 aromatic heterocycles. The molecule has 0 aliphatic carbocycles. The molecule has 0 aromatic carbocycles. The molecule has 0 saturated heterocycles. The SMILES string of the molecule is Cc1nc2nc(Cl)nc(NC(C)C)c2nc1C. The van der Waals surface area contributed by atoms with E-state index in [1.54, 1.807) is 0 Å². The lowest BCUT2D eigenvalue weighted by Crippen LogP contribution is -2.13. The molecule has 0 amide bonds. The van der Waals surface area contributed by atoms with Crippen LogP contribution >= 0.6 is 11.6 Å². The third-order valence-corrected chi connectivity index (χ3v) is 2.51. The summed E-state index contributed by atoms with van der Waals surface area (Å²) < 4.78 is 0. The van der Waals surface area contributed by atoms with E-state index in [2.05, 4.69) is 25.3 Å². The second-order valence-electron chi connectivity index (χ2n) is 4.21. The zero-order valence-electron chi connectivity index (χ0n) is 10.2. The van der Waals surface area contributed by atoms with Crippen LogP contribution in [0.15, 0.2) is 0 Å². The fourth-order valence-corrected chi connectivity index (χ4v) is 1.62. The number of nitrogens with zero attached hydrogens (tertiary/aromatic N) is 4. The molecule has 1 N–H and O–H groups in total. The van der Waals surface area contributed by atoms with Crippen LogP contribution < -0.4 is 5.32 Å². The molecule has 0 aliphatic rings. The van der Waals surface area contributed by atoms with E-state index < -0.39 is 0 Å². The molecule has 90 valence electrons. The molecular weight excluding hydrogens is 238 g/mol. The van der Waals surface area contributed by atoms with Crippen molar-refractivity contribution < 1.29 is 0 Å². The number of fused-ring (bicyclic) bond motifs is 1. The highest BCUT2D eigenvalue weighted by Gasteiger charge is 2.11. The molecule has 0 radical (unpaired) electrons. The van der Waals surface area contributed by atoms with Crippen molar-refractivity contribution in [2.45, 2.75) is 33.7 Å². The van der Waals surface area contributed by atoms with Crippen molar-refractivity contribution in [3.8, 4) is 0 Å². The summed E-state index contributed by atoms with van der Waals surface area (Å²) in [7, 11) is 0.